The van der Waals surface area contributed by atoms with E-state index in [2.05, 4.69) is 11.8 Å². The Labute approximate surface area is 107 Å². The number of piperidine rings is 1. The van der Waals surface area contributed by atoms with E-state index in [9.17, 15) is 0 Å². The van der Waals surface area contributed by atoms with E-state index in [0.29, 0.717) is 6.61 Å². The summed E-state index contributed by atoms with van der Waals surface area (Å²) in [6, 6.07) is 0. The molecule has 0 unspecified atom stereocenters. The number of likely N-dealkylation sites (tertiary alicyclic amines) is 1. The molecule has 0 spiro atoms. The second kappa shape index (κ2) is 9.90. The van der Waals surface area contributed by atoms with E-state index in [1.54, 1.807) is 0 Å². The van der Waals surface area contributed by atoms with Crippen molar-refractivity contribution in [2.24, 2.45) is 5.92 Å². The van der Waals surface area contributed by atoms with Gasteiger partial charge in [-0.05, 0) is 38.3 Å². The van der Waals surface area contributed by atoms with Crippen molar-refractivity contribution in [3.05, 3.63) is 0 Å². The van der Waals surface area contributed by atoms with Crippen molar-refractivity contribution in [1.29, 1.82) is 0 Å². The van der Waals surface area contributed by atoms with Crippen molar-refractivity contribution in [3.8, 4) is 0 Å². The Kier molecular flexibility index (Phi) is 8.72. The predicted molar refractivity (Wildman–Crippen MR) is 74.2 cm³/mol. The van der Waals surface area contributed by atoms with Gasteiger partial charge < -0.3 is 10.0 Å². The second-order valence-electron chi connectivity index (χ2n) is 5.57. The molecule has 1 aliphatic rings. The monoisotopic (exact) mass is 241 g/mol. The molecule has 0 aromatic rings. The van der Waals surface area contributed by atoms with Crippen LogP contribution < -0.4 is 0 Å². The number of rotatable bonds is 9. The van der Waals surface area contributed by atoms with Gasteiger partial charge in [-0.2, -0.15) is 0 Å². The molecule has 17 heavy (non-hydrogen) atoms. The molecular formula is C15H31NO. The van der Waals surface area contributed by atoms with E-state index < -0.39 is 0 Å². The summed E-state index contributed by atoms with van der Waals surface area (Å²) in [5, 5.41) is 8.81. The van der Waals surface area contributed by atoms with Crippen LogP contribution in [0.3, 0.4) is 0 Å². The van der Waals surface area contributed by atoms with E-state index in [1.807, 2.05) is 0 Å². The number of unbranched alkanes of at least 4 members (excludes halogenated alkanes) is 4. The fourth-order valence-electron chi connectivity index (χ4n) is 2.83. The van der Waals surface area contributed by atoms with Crippen LogP contribution in [0.4, 0.5) is 0 Å². The summed E-state index contributed by atoms with van der Waals surface area (Å²) in [7, 11) is 0. The van der Waals surface area contributed by atoms with Gasteiger partial charge in [0.25, 0.3) is 0 Å². The average molecular weight is 241 g/mol. The summed E-state index contributed by atoms with van der Waals surface area (Å²) in [5.74, 6) is 0.988. The maximum atomic E-state index is 8.81. The summed E-state index contributed by atoms with van der Waals surface area (Å²) in [6.07, 6.45) is 12.3. The first-order valence-electron chi connectivity index (χ1n) is 7.70. The van der Waals surface area contributed by atoms with Crippen LogP contribution in [0.5, 0.6) is 0 Å². The summed E-state index contributed by atoms with van der Waals surface area (Å²) in [6.45, 7) is 6.25. The highest BCUT2D eigenvalue weighted by Crippen LogP contribution is 2.23. The van der Waals surface area contributed by atoms with E-state index in [-0.39, 0.29) is 0 Å². The van der Waals surface area contributed by atoms with Gasteiger partial charge in [0, 0.05) is 13.2 Å². The Morgan fingerprint density at radius 2 is 1.71 bits per heavy atom. The molecule has 0 radical (unpaired) electrons. The minimum absolute atomic E-state index is 0.345. The maximum absolute atomic E-state index is 8.81. The first-order chi connectivity index (χ1) is 8.36. The molecule has 1 N–H and O–H groups in total. The SMILES string of the molecule is CCCCCCCC1CCN(CCCO)CC1. The van der Waals surface area contributed by atoms with E-state index >= 15 is 0 Å². The lowest BCUT2D eigenvalue weighted by Crippen LogP contribution is -2.34. The minimum atomic E-state index is 0.345. The van der Waals surface area contributed by atoms with Gasteiger partial charge in [-0.1, -0.05) is 45.4 Å². The van der Waals surface area contributed by atoms with Gasteiger partial charge >= 0.3 is 0 Å². The van der Waals surface area contributed by atoms with Crippen LogP contribution in [-0.4, -0.2) is 36.2 Å². The summed E-state index contributed by atoms with van der Waals surface area (Å²) >= 11 is 0. The third-order valence-electron chi connectivity index (χ3n) is 4.06. The van der Waals surface area contributed by atoms with Gasteiger partial charge in [-0.3, -0.25) is 0 Å². The molecule has 1 saturated heterocycles. The lowest BCUT2D eigenvalue weighted by Gasteiger charge is -2.31. The summed E-state index contributed by atoms with van der Waals surface area (Å²) in [4.78, 5) is 2.52. The highest BCUT2D eigenvalue weighted by atomic mass is 16.3. The van der Waals surface area contributed by atoms with Crippen molar-refractivity contribution in [2.45, 2.75) is 64.7 Å². The molecule has 1 rings (SSSR count). The van der Waals surface area contributed by atoms with Crippen molar-refractivity contribution in [1.82, 2.24) is 4.90 Å². The lowest BCUT2D eigenvalue weighted by atomic mass is 9.91. The highest BCUT2D eigenvalue weighted by molar-refractivity contribution is 4.72. The van der Waals surface area contributed by atoms with E-state index in [1.165, 1.54) is 64.5 Å². The van der Waals surface area contributed by atoms with Crippen LogP contribution >= 0.6 is 0 Å². The first kappa shape index (κ1) is 15.0. The Bertz CT molecular complexity index is 162. The van der Waals surface area contributed by atoms with Crippen molar-refractivity contribution in [2.75, 3.05) is 26.2 Å². The van der Waals surface area contributed by atoms with E-state index in [4.69, 9.17) is 5.11 Å². The molecule has 2 nitrogen and oxygen atoms in total. The maximum Gasteiger partial charge on any atom is 0.0443 e. The molecule has 0 aromatic carbocycles. The number of aliphatic hydroxyl groups is 1. The zero-order valence-electron chi connectivity index (χ0n) is 11.7. The summed E-state index contributed by atoms with van der Waals surface area (Å²) in [5.41, 5.74) is 0. The Balaban J connectivity index is 1.95. The van der Waals surface area contributed by atoms with Gasteiger partial charge in [0.05, 0.1) is 0 Å². The molecule has 1 heterocycles. The van der Waals surface area contributed by atoms with Crippen molar-refractivity contribution < 1.29 is 5.11 Å². The lowest BCUT2D eigenvalue weighted by molar-refractivity contribution is 0.162. The Morgan fingerprint density at radius 1 is 1.00 bits per heavy atom. The van der Waals surface area contributed by atoms with E-state index in [0.717, 1.165) is 18.9 Å². The zero-order chi connectivity index (χ0) is 12.3. The fraction of sp³-hybridized carbons (Fsp3) is 1.00. The number of hydrogen-bond donors (Lipinski definition) is 1. The average Bonchev–Trinajstić information content (AvgIpc) is 2.37. The largest absolute Gasteiger partial charge is 0.396 e. The second-order valence-corrected chi connectivity index (χ2v) is 5.57. The van der Waals surface area contributed by atoms with Crippen LogP contribution in [0.25, 0.3) is 0 Å². The zero-order valence-corrected chi connectivity index (χ0v) is 11.7. The molecule has 0 aliphatic carbocycles. The Morgan fingerprint density at radius 3 is 2.35 bits per heavy atom. The molecule has 2 heteroatoms. The third kappa shape index (κ3) is 7.05. The van der Waals surface area contributed by atoms with Crippen molar-refractivity contribution >= 4 is 0 Å². The van der Waals surface area contributed by atoms with Gasteiger partial charge in [0.2, 0.25) is 0 Å². The smallest absolute Gasteiger partial charge is 0.0443 e. The molecule has 0 aromatic heterocycles. The summed E-state index contributed by atoms with van der Waals surface area (Å²) < 4.78 is 0. The molecular weight excluding hydrogens is 210 g/mol. The number of hydrogen-bond acceptors (Lipinski definition) is 2. The van der Waals surface area contributed by atoms with Crippen molar-refractivity contribution in [3.63, 3.8) is 0 Å². The number of aliphatic hydroxyl groups excluding tert-OH is 1. The van der Waals surface area contributed by atoms with Gasteiger partial charge in [-0.25, -0.2) is 0 Å². The van der Waals surface area contributed by atoms with Crippen LogP contribution in [0, 0.1) is 5.92 Å². The molecule has 0 saturated carbocycles. The molecule has 1 fully saturated rings. The van der Waals surface area contributed by atoms with Gasteiger partial charge in [0.1, 0.15) is 0 Å². The third-order valence-corrected chi connectivity index (χ3v) is 4.06. The molecule has 102 valence electrons. The fourth-order valence-corrected chi connectivity index (χ4v) is 2.83. The molecule has 0 bridgehead atoms. The standard InChI is InChI=1S/C15H31NO/c1-2-3-4-5-6-8-15-9-12-16(13-10-15)11-7-14-17/h15,17H,2-14H2,1H3. The number of nitrogens with zero attached hydrogens (tertiary/aromatic N) is 1. The normalized spacial score (nSPS) is 18.7. The van der Waals surface area contributed by atoms with Gasteiger partial charge in [-0.15, -0.1) is 0 Å². The minimum Gasteiger partial charge on any atom is -0.396 e. The predicted octanol–water partition coefficient (Wildman–Crippen LogP) is 3.44. The van der Waals surface area contributed by atoms with Gasteiger partial charge in [0.15, 0.2) is 0 Å². The molecule has 0 amide bonds. The first-order valence-corrected chi connectivity index (χ1v) is 7.70. The molecule has 1 aliphatic heterocycles. The topological polar surface area (TPSA) is 23.5 Å². The Hall–Kier alpha value is -0.0800. The molecule has 0 atom stereocenters. The van der Waals surface area contributed by atoms with Crippen LogP contribution in [0.1, 0.15) is 64.7 Å². The van der Waals surface area contributed by atoms with Crippen LogP contribution in [0.15, 0.2) is 0 Å². The van der Waals surface area contributed by atoms with Crippen LogP contribution in [-0.2, 0) is 0 Å². The quantitative estimate of drug-likeness (QED) is 0.625. The van der Waals surface area contributed by atoms with Crippen LogP contribution in [0.2, 0.25) is 0 Å². The highest BCUT2D eigenvalue weighted by Gasteiger charge is 2.17.